The molecule has 0 saturated carbocycles. The van der Waals surface area contributed by atoms with Crippen LogP contribution >= 0.6 is 0 Å². The Balaban J connectivity index is 1.34. The third-order valence-corrected chi connectivity index (χ3v) is 5.58. The summed E-state index contributed by atoms with van der Waals surface area (Å²) in [5, 5.41) is 3.08. The van der Waals surface area contributed by atoms with E-state index in [0.29, 0.717) is 25.9 Å². The molecule has 0 radical (unpaired) electrons. The van der Waals surface area contributed by atoms with Crippen LogP contribution in [-0.2, 0) is 16.0 Å². The fourth-order valence-corrected chi connectivity index (χ4v) is 4.12. The van der Waals surface area contributed by atoms with E-state index < -0.39 is 5.60 Å². The molecule has 5 nitrogen and oxygen atoms in total. The SMILES string of the molecule is CC(C)(C)OC(=O)N1CCC(C(=O)Nc2ccc3c(c2)Cc2ccccc2-3)CC1. The first-order valence-electron chi connectivity index (χ1n) is 10.3. The van der Waals surface area contributed by atoms with Crippen LogP contribution in [0.25, 0.3) is 11.1 Å². The van der Waals surface area contributed by atoms with Crippen molar-refractivity contribution in [2.75, 3.05) is 18.4 Å². The summed E-state index contributed by atoms with van der Waals surface area (Å²) in [7, 11) is 0. The number of hydrogen-bond donors (Lipinski definition) is 1. The van der Waals surface area contributed by atoms with Gasteiger partial charge >= 0.3 is 6.09 Å². The Morgan fingerprint density at radius 1 is 1.00 bits per heavy atom. The molecule has 5 heteroatoms. The lowest BCUT2D eigenvalue weighted by molar-refractivity contribution is -0.121. The van der Waals surface area contributed by atoms with Gasteiger partial charge < -0.3 is 15.0 Å². The first kappa shape index (κ1) is 19.5. The summed E-state index contributed by atoms with van der Waals surface area (Å²) in [6, 6.07) is 14.6. The lowest BCUT2D eigenvalue weighted by Gasteiger charge is -2.32. The second-order valence-electron chi connectivity index (χ2n) is 8.94. The number of piperidine rings is 1. The fraction of sp³-hybridized carbons (Fsp3) is 0.417. The van der Waals surface area contributed by atoms with E-state index in [0.717, 1.165) is 12.1 Å². The van der Waals surface area contributed by atoms with Crippen molar-refractivity contribution in [1.29, 1.82) is 0 Å². The van der Waals surface area contributed by atoms with Crippen LogP contribution in [0.15, 0.2) is 42.5 Å². The molecule has 4 rings (SSSR count). The quantitative estimate of drug-likeness (QED) is 0.679. The molecule has 1 N–H and O–H groups in total. The molecule has 0 atom stereocenters. The normalized spacial score (nSPS) is 16.2. The molecule has 1 heterocycles. The number of amides is 2. The minimum absolute atomic E-state index is 0.0318. The Bertz CT molecular complexity index is 937. The van der Waals surface area contributed by atoms with Crippen molar-refractivity contribution in [1.82, 2.24) is 4.90 Å². The molecule has 152 valence electrons. The molecule has 2 aromatic carbocycles. The van der Waals surface area contributed by atoms with Gasteiger partial charge in [-0.25, -0.2) is 4.79 Å². The average molecular weight is 392 g/mol. The predicted molar refractivity (Wildman–Crippen MR) is 114 cm³/mol. The molecule has 0 aromatic heterocycles. The Hall–Kier alpha value is -2.82. The highest BCUT2D eigenvalue weighted by Gasteiger charge is 2.30. The van der Waals surface area contributed by atoms with Gasteiger partial charge in [0.2, 0.25) is 5.91 Å². The first-order valence-corrected chi connectivity index (χ1v) is 10.3. The van der Waals surface area contributed by atoms with E-state index in [9.17, 15) is 9.59 Å². The summed E-state index contributed by atoms with van der Waals surface area (Å²) >= 11 is 0. The Kier molecular flexibility index (Phi) is 5.07. The van der Waals surface area contributed by atoms with E-state index in [-0.39, 0.29) is 17.9 Å². The molecule has 2 amide bonds. The van der Waals surface area contributed by atoms with Crippen molar-refractivity contribution >= 4 is 17.7 Å². The minimum atomic E-state index is -0.501. The number of anilines is 1. The number of carbonyl (C=O) groups is 2. The van der Waals surface area contributed by atoms with Crippen molar-refractivity contribution < 1.29 is 14.3 Å². The lowest BCUT2D eigenvalue weighted by atomic mass is 9.96. The number of fused-ring (bicyclic) bond motifs is 3. The van der Waals surface area contributed by atoms with Crippen molar-refractivity contribution in [3.05, 3.63) is 53.6 Å². The molecule has 29 heavy (non-hydrogen) atoms. The molecule has 0 bridgehead atoms. The summed E-state index contributed by atoms with van der Waals surface area (Å²) < 4.78 is 5.42. The smallest absolute Gasteiger partial charge is 0.410 e. The van der Waals surface area contributed by atoms with Crippen LogP contribution in [0.4, 0.5) is 10.5 Å². The molecule has 0 spiro atoms. The maximum absolute atomic E-state index is 12.7. The average Bonchev–Trinajstić information content (AvgIpc) is 3.04. The van der Waals surface area contributed by atoms with Crippen LogP contribution in [0.1, 0.15) is 44.7 Å². The number of nitrogens with zero attached hydrogens (tertiary/aromatic N) is 1. The van der Waals surface area contributed by atoms with E-state index in [2.05, 4.69) is 41.7 Å². The van der Waals surface area contributed by atoms with Gasteiger partial charge in [-0.2, -0.15) is 0 Å². The summed E-state index contributed by atoms with van der Waals surface area (Å²) in [4.78, 5) is 26.6. The molecule has 2 aromatic rings. The summed E-state index contributed by atoms with van der Waals surface area (Å²) in [5.41, 5.74) is 5.47. The highest BCUT2D eigenvalue weighted by Crippen LogP contribution is 2.37. The topological polar surface area (TPSA) is 58.6 Å². The predicted octanol–water partition coefficient (Wildman–Crippen LogP) is 4.84. The van der Waals surface area contributed by atoms with Crippen molar-refractivity contribution in [2.45, 2.75) is 45.6 Å². The van der Waals surface area contributed by atoms with Crippen LogP contribution < -0.4 is 5.32 Å². The monoisotopic (exact) mass is 392 g/mol. The summed E-state index contributed by atoms with van der Waals surface area (Å²) in [6.45, 7) is 6.68. The van der Waals surface area contributed by atoms with Crippen molar-refractivity contribution in [2.24, 2.45) is 5.92 Å². The summed E-state index contributed by atoms with van der Waals surface area (Å²) in [5.74, 6) is -0.0524. The molecule has 1 aliphatic heterocycles. The number of nitrogens with one attached hydrogen (secondary N) is 1. The molecule has 1 aliphatic carbocycles. The van der Waals surface area contributed by atoms with Gasteiger partial charge in [0.15, 0.2) is 0 Å². The molecule has 2 aliphatic rings. The highest BCUT2D eigenvalue weighted by atomic mass is 16.6. The van der Waals surface area contributed by atoms with E-state index in [4.69, 9.17) is 4.74 Å². The second-order valence-corrected chi connectivity index (χ2v) is 8.94. The van der Waals surface area contributed by atoms with Crippen LogP contribution in [-0.4, -0.2) is 35.6 Å². The van der Waals surface area contributed by atoms with Gasteiger partial charge in [-0.3, -0.25) is 4.79 Å². The third-order valence-electron chi connectivity index (χ3n) is 5.58. The fourth-order valence-electron chi connectivity index (χ4n) is 4.12. The van der Waals surface area contributed by atoms with Gasteiger partial charge in [-0.1, -0.05) is 30.3 Å². The Morgan fingerprint density at radius 3 is 2.41 bits per heavy atom. The maximum Gasteiger partial charge on any atom is 0.410 e. The molecule has 1 fully saturated rings. The van der Waals surface area contributed by atoms with Crippen molar-refractivity contribution in [3.8, 4) is 11.1 Å². The van der Waals surface area contributed by atoms with E-state index in [1.807, 2.05) is 26.8 Å². The van der Waals surface area contributed by atoms with Gasteiger partial charge in [-0.15, -0.1) is 0 Å². The van der Waals surface area contributed by atoms with Gasteiger partial charge in [0.05, 0.1) is 0 Å². The molecular weight excluding hydrogens is 364 g/mol. The molecule has 0 unspecified atom stereocenters. The third kappa shape index (κ3) is 4.29. The number of carbonyl (C=O) groups excluding carboxylic acids is 2. The maximum atomic E-state index is 12.7. The number of benzene rings is 2. The van der Waals surface area contributed by atoms with E-state index in [1.54, 1.807) is 4.90 Å². The number of rotatable bonds is 2. The highest BCUT2D eigenvalue weighted by molar-refractivity contribution is 5.93. The number of ether oxygens (including phenoxy) is 1. The Morgan fingerprint density at radius 2 is 1.69 bits per heavy atom. The zero-order chi connectivity index (χ0) is 20.6. The number of likely N-dealkylation sites (tertiary alicyclic amines) is 1. The largest absolute Gasteiger partial charge is 0.444 e. The van der Waals surface area contributed by atoms with E-state index >= 15 is 0 Å². The second kappa shape index (κ2) is 7.54. The van der Waals surface area contributed by atoms with Crippen LogP contribution in [0.2, 0.25) is 0 Å². The zero-order valence-electron chi connectivity index (χ0n) is 17.3. The minimum Gasteiger partial charge on any atom is -0.444 e. The van der Waals surface area contributed by atoms with Crippen molar-refractivity contribution in [3.63, 3.8) is 0 Å². The molecule has 1 saturated heterocycles. The van der Waals surface area contributed by atoms with Gasteiger partial charge in [0, 0.05) is 24.7 Å². The van der Waals surface area contributed by atoms with Crippen LogP contribution in [0.3, 0.4) is 0 Å². The zero-order valence-corrected chi connectivity index (χ0v) is 17.3. The lowest BCUT2D eigenvalue weighted by Crippen LogP contribution is -2.43. The number of hydrogen-bond acceptors (Lipinski definition) is 3. The van der Waals surface area contributed by atoms with Gasteiger partial charge in [0.25, 0.3) is 0 Å². The van der Waals surface area contributed by atoms with Gasteiger partial charge in [-0.05, 0) is 74.4 Å². The molecular formula is C24H28N2O3. The Labute approximate surface area is 172 Å². The standard InChI is InChI=1S/C24H28N2O3/c1-24(2,3)29-23(28)26-12-10-16(11-13-26)22(27)25-19-8-9-21-18(15-19)14-17-6-4-5-7-20(17)21/h4-9,15-16H,10-14H2,1-3H3,(H,25,27). The van der Waals surface area contributed by atoms with Crippen LogP contribution in [0, 0.1) is 5.92 Å². The first-order chi connectivity index (χ1) is 13.8. The summed E-state index contributed by atoms with van der Waals surface area (Å²) in [6.07, 6.45) is 1.92. The van der Waals surface area contributed by atoms with Crippen LogP contribution in [0.5, 0.6) is 0 Å². The van der Waals surface area contributed by atoms with E-state index in [1.165, 1.54) is 22.3 Å². The van der Waals surface area contributed by atoms with Gasteiger partial charge in [0.1, 0.15) is 5.60 Å².